The van der Waals surface area contributed by atoms with Crippen LogP contribution in [-0.2, 0) is 4.79 Å². The van der Waals surface area contributed by atoms with Crippen LogP contribution >= 0.6 is 0 Å². The average molecular weight is 488 g/mol. The summed E-state index contributed by atoms with van der Waals surface area (Å²) in [6, 6.07) is 12.3. The predicted molar refractivity (Wildman–Crippen MR) is 143 cm³/mol. The zero-order valence-corrected chi connectivity index (χ0v) is 21.0. The molecule has 2 aliphatic rings. The van der Waals surface area contributed by atoms with Gasteiger partial charge in [0, 0.05) is 25.1 Å². The number of hydrazone groups is 1. The minimum atomic E-state index is -0.786. The fourth-order valence-corrected chi connectivity index (χ4v) is 5.05. The Morgan fingerprint density at radius 3 is 2.61 bits per heavy atom. The number of hydrogen-bond acceptors (Lipinski definition) is 7. The van der Waals surface area contributed by atoms with Crippen LogP contribution in [0.25, 0.3) is 10.8 Å². The number of H-pyrrole nitrogens is 1. The van der Waals surface area contributed by atoms with Crippen molar-refractivity contribution in [2.75, 3.05) is 32.0 Å². The third kappa shape index (κ3) is 4.58. The van der Waals surface area contributed by atoms with Gasteiger partial charge in [-0.3, -0.25) is 14.6 Å². The molecule has 0 saturated carbocycles. The highest BCUT2D eigenvalue weighted by Crippen LogP contribution is 2.31. The van der Waals surface area contributed by atoms with Crippen molar-refractivity contribution in [3.05, 3.63) is 64.2 Å². The van der Waals surface area contributed by atoms with Crippen molar-refractivity contribution in [1.82, 2.24) is 25.6 Å². The molecule has 9 nitrogen and oxygen atoms in total. The lowest BCUT2D eigenvalue weighted by Crippen LogP contribution is -2.51. The third-order valence-corrected chi connectivity index (χ3v) is 7.32. The Morgan fingerprint density at radius 1 is 1.14 bits per heavy atom. The van der Waals surface area contributed by atoms with Gasteiger partial charge in [-0.05, 0) is 80.9 Å². The molecule has 36 heavy (non-hydrogen) atoms. The molecular formula is C27H33N7O2. The first kappa shape index (κ1) is 24.0. The van der Waals surface area contributed by atoms with Crippen LogP contribution < -0.4 is 21.5 Å². The number of hydrogen-bond donors (Lipinski definition) is 4. The zero-order chi connectivity index (χ0) is 25.3. The van der Waals surface area contributed by atoms with Crippen molar-refractivity contribution in [2.45, 2.75) is 44.1 Å². The summed E-state index contributed by atoms with van der Waals surface area (Å²) in [4.78, 5) is 32.8. The van der Waals surface area contributed by atoms with Crippen LogP contribution in [0.3, 0.4) is 0 Å². The molecule has 0 aliphatic carbocycles. The van der Waals surface area contributed by atoms with Crippen LogP contribution in [0, 0.1) is 0 Å². The first-order valence-electron chi connectivity index (χ1n) is 12.5. The maximum atomic E-state index is 12.8. The number of amides is 1. The van der Waals surface area contributed by atoms with Crippen molar-refractivity contribution >= 4 is 34.4 Å². The number of nitrogens with one attached hydrogen (secondary N) is 4. The van der Waals surface area contributed by atoms with Crippen LogP contribution in [-0.4, -0.2) is 59.3 Å². The highest BCUT2D eigenvalue weighted by molar-refractivity contribution is 5.93. The number of pyridine rings is 2. The summed E-state index contributed by atoms with van der Waals surface area (Å²) in [5.74, 6) is 0.875. The number of anilines is 2. The number of nitrogens with zero attached hydrogens (tertiary/aromatic N) is 3. The first-order valence-corrected chi connectivity index (χ1v) is 12.5. The van der Waals surface area contributed by atoms with E-state index in [9.17, 15) is 9.59 Å². The van der Waals surface area contributed by atoms with Crippen molar-refractivity contribution < 1.29 is 4.79 Å². The second-order valence-corrected chi connectivity index (χ2v) is 10.0. The van der Waals surface area contributed by atoms with Gasteiger partial charge in [-0.1, -0.05) is 12.1 Å². The molecule has 0 radical (unpaired) electrons. The Bertz CT molecular complexity index is 1340. The van der Waals surface area contributed by atoms with E-state index in [0.29, 0.717) is 23.7 Å². The number of aromatic nitrogens is 2. The third-order valence-electron chi connectivity index (χ3n) is 7.32. The molecule has 9 heteroatoms. The van der Waals surface area contributed by atoms with Gasteiger partial charge in [-0.25, -0.2) is 4.98 Å². The van der Waals surface area contributed by atoms with E-state index in [1.165, 1.54) is 5.56 Å². The fraction of sp³-hybridized carbons (Fsp3) is 0.407. The number of carbonyl (C=O) groups is 1. The minimum Gasteiger partial charge on any atom is -0.357 e. The van der Waals surface area contributed by atoms with Gasteiger partial charge in [-0.15, -0.1) is 0 Å². The SMILES string of the molecule is CNC(=O)C(C)(C)N1CC(c2cc3cc[nH]c(=O)c3c(Nc3ccc(C4CCNCC4)cc3)n2)C=N1. The Labute approximate surface area is 210 Å². The fourth-order valence-electron chi connectivity index (χ4n) is 5.05. The lowest BCUT2D eigenvalue weighted by atomic mass is 9.90. The topological polar surface area (TPSA) is 115 Å². The molecule has 1 saturated heterocycles. The molecule has 188 valence electrons. The Balaban J connectivity index is 1.44. The van der Waals surface area contributed by atoms with Crippen molar-refractivity contribution in [3.8, 4) is 0 Å². The monoisotopic (exact) mass is 487 g/mol. The van der Waals surface area contributed by atoms with E-state index in [0.717, 1.165) is 42.7 Å². The minimum absolute atomic E-state index is 0.103. The van der Waals surface area contributed by atoms with Crippen molar-refractivity contribution in [3.63, 3.8) is 0 Å². The molecule has 0 spiro atoms. The van der Waals surface area contributed by atoms with Crippen LogP contribution in [0.5, 0.6) is 0 Å². The van der Waals surface area contributed by atoms with Crippen LogP contribution in [0.2, 0.25) is 0 Å². The molecule has 0 bridgehead atoms. The van der Waals surface area contributed by atoms with Gasteiger partial charge in [0.1, 0.15) is 11.4 Å². The van der Waals surface area contributed by atoms with Gasteiger partial charge < -0.3 is 20.9 Å². The summed E-state index contributed by atoms with van der Waals surface area (Å²) >= 11 is 0. The Hall–Kier alpha value is -3.72. The number of fused-ring (bicyclic) bond motifs is 1. The summed E-state index contributed by atoms with van der Waals surface area (Å²) < 4.78 is 0. The summed E-state index contributed by atoms with van der Waals surface area (Å²) in [5.41, 5.74) is 2.03. The van der Waals surface area contributed by atoms with E-state index in [1.54, 1.807) is 18.3 Å². The normalized spacial score (nSPS) is 18.5. The average Bonchev–Trinajstić information content (AvgIpc) is 3.40. The maximum Gasteiger partial charge on any atom is 0.259 e. The van der Waals surface area contributed by atoms with E-state index in [2.05, 4.69) is 50.3 Å². The van der Waals surface area contributed by atoms with E-state index < -0.39 is 5.54 Å². The molecule has 4 heterocycles. The predicted octanol–water partition coefficient (Wildman–Crippen LogP) is 3.04. The summed E-state index contributed by atoms with van der Waals surface area (Å²) in [6.07, 6.45) is 5.76. The summed E-state index contributed by atoms with van der Waals surface area (Å²) in [5, 5.41) is 17.1. The highest BCUT2D eigenvalue weighted by atomic mass is 16.2. The molecule has 1 unspecified atom stereocenters. The summed E-state index contributed by atoms with van der Waals surface area (Å²) in [7, 11) is 1.63. The van der Waals surface area contributed by atoms with E-state index in [4.69, 9.17) is 4.98 Å². The Morgan fingerprint density at radius 2 is 1.89 bits per heavy atom. The Kier molecular flexibility index (Phi) is 6.49. The molecule has 1 aromatic carbocycles. The highest BCUT2D eigenvalue weighted by Gasteiger charge is 2.37. The van der Waals surface area contributed by atoms with E-state index >= 15 is 0 Å². The molecular weight excluding hydrogens is 454 g/mol. The maximum absolute atomic E-state index is 12.8. The van der Waals surface area contributed by atoms with E-state index in [-0.39, 0.29) is 17.4 Å². The molecule has 2 aliphatic heterocycles. The second kappa shape index (κ2) is 9.73. The molecule has 1 atom stereocenters. The second-order valence-electron chi connectivity index (χ2n) is 10.0. The van der Waals surface area contributed by atoms with Gasteiger partial charge >= 0.3 is 0 Å². The van der Waals surface area contributed by atoms with Crippen LogP contribution in [0.15, 0.2) is 52.5 Å². The molecule has 1 amide bonds. The molecule has 1 fully saturated rings. The molecule has 5 rings (SSSR count). The van der Waals surface area contributed by atoms with Crippen molar-refractivity contribution in [2.24, 2.45) is 5.10 Å². The molecule has 3 aromatic rings. The number of benzene rings is 1. The van der Waals surface area contributed by atoms with Crippen molar-refractivity contribution in [1.29, 1.82) is 0 Å². The number of piperidine rings is 1. The number of carbonyl (C=O) groups excluding carboxylic acids is 1. The van der Waals surface area contributed by atoms with Gasteiger partial charge in [0.15, 0.2) is 0 Å². The molecule has 2 aromatic heterocycles. The van der Waals surface area contributed by atoms with Gasteiger partial charge in [-0.2, -0.15) is 5.10 Å². The zero-order valence-electron chi connectivity index (χ0n) is 21.0. The largest absolute Gasteiger partial charge is 0.357 e. The smallest absolute Gasteiger partial charge is 0.259 e. The van der Waals surface area contributed by atoms with Crippen LogP contribution in [0.1, 0.15) is 49.8 Å². The molecule has 4 N–H and O–H groups in total. The summed E-state index contributed by atoms with van der Waals surface area (Å²) in [6.45, 7) is 6.32. The number of rotatable bonds is 6. The van der Waals surface area contributed by atoms with Crippen LogP contribution in [0.4, 0.5) is 11.5 Å². The van der Waals surface area contributed by atoms with Gasteiger partial charge in [0.25, 0.3) is 5.56 Å². The lowest BCUT2D eigenvalue weighted by Gasteiger charge is -2.32. The van der Waals surface area contributed by atoms with E-state index in [1.807, 2.05) is 32.2 Å². The number of likely N-dealkylation sites (N-methyl/N-ethyl adjacent to an activating group) is 1. The first-order chi connectivity index (χ1) is 17.4. The van der Waals surface area contributed by atoms with Gasteiger partial charge in [0.05, 0.1) is 23.5 Å². The quantitative estimate of drug-likeness (QED) is 0.425. The number of aromatic amines is 1. The lowest BCUT2D eigenvalue weighted by molar-refractivity contribution is -0.131. The van der Waals surface area contributed by atoms with Gasteiger partial charge in [0.2, 0.25) is 5.91 Å². The standard InChI is InChI=1S/C27H33N7O2/c1-27(2,26(36)28-3)34-16-20(15-31-34)22-14-19-10-13-30-25(35)23(19)24(33-22)32-21-6-4-17(5-7-21)18-8-11-29-12-9-18/h4-7,10,13-15,18,20,29H,8-9,11-12,16H2,1-3H3,(H,28,36)(H,30,35)(H,32,33).